The zero-order valence-corrected chi connectivity index (χ0v) is 18.7. The van der Waals surface area contributed by atoms with Crippen molar-refractivity contribution in [2.45, 2.75) is 13.1 Å². The molecule has 164 valence electrons. The van der Waals surface area contributed by atoms with Crippen molar-refractivity contribution in [3.63, 3.8) is 0 Å². The second-order valence-electron chi connectivity index (χ2n) is 6.86. The summed E-state index contributed by atoms with van der Waals surface area (Å²) in [7, 11) is 0. The molecule has 2 heterocycles. The van der Waals surface area contributed by atoms with E-state index >= 15 is 0 Å². The fourth-order valence-electron chi connectivity index (χ4n) is 2.97. The number of thiocarbonyl (C=S) groups is 1. The van der Waals surface area contributed by atoms with E-state index in [-0.39, 0.29) is 17.5 Å². The number of nitrogens with zero attached hydrogens (tertiary/aromatic N) is 4. The van der Waals surface area contributed by atoms with Gasteiger partial charge < -0.3 is 10.6 Å². The van der Waals surface area contributed by atoms with Crippen LogP contribution >= 0.6 is 35.4 Å². The minimum Gasteiger partial charge on any atom is -0.330 e. The summed E-state index contributed by atoms with van der Waals surface area (Å²) in [5.41, 5.74) is 1.88. The van der Waals surface area contributed by atoms with Gasteiger partial charge in [-0.05, 0) is 42.0 Å². The van der Waals surface area contributed by atoms with Crippen LogP contribution in [0.25, 0.3) is 0 Å². The molecule has 4 aromatic rings. The summed E-state index contributed by atoms with van der Waals surface area (Å²) in [5, 5.41) is 15.3. The van der Waals surface area contributed by atoms with Gasteiger partial charge in [-0.2, -0.15) is 10.2 Å². The Bertz CT molecular complexity index is 1240. The highest BCUT2D eigenvalue weighted by Gasteiger charge is 2.13. The van der Waals surface area contributed by atoms with Gasteiger partial charge in [0.2, 0.25) is 0 Å². The first-order chi connectivity index (χ1) is 15.4. The number of aromatic nitrogens is 4. The van der Waals surface area contributed by atoms with Gasteiger partial charge in [0.15, 0.2) is 10.9 Å². The number of rotatable bonds is 6. The van der Waals surface area contributed by atoms with E-state index in [0.29, 0.717) is 33.7 Å². The monoisotopic (exact) mass is 492 g/mol. The Hall–Kier alpha value is -3.01. The minimum absolute atomic E-state index is 0.114. The Balaban J connectivity index is 1.37. The van der Waals surface area contributed by atoms with Crippen LogP contribution < -0.4 is 10.6 Å². The maximum atomic E-state index is 14.0. The summed E-state index contributed by atoms with van der Waals surface area (Å²) < 4.78 is 30.2. The van der Waals surface area contributed by atoms with Gasteiger partial charge in [-0.3, -0.25) is 9.36 Å². The second kappa shape index (κ2) is 9.64. The number of benzene rings is 2. The molecule has 6 nitrogen and oxygen atoms in total. The molecule has 0 bridgehead atoms. The normalized spacial score (nSPS) is 10.9. The summed E-state index contributed by atoms with van der Waals surface area (Å²) in [6.45, 7) is 0.597. The number of hydrogen-bond donors (Lipinski definition) is 2. The van der Waals surface area contributed by atoms with Crippen LogP contribution in [-0.2, 0) is 13.1 Å². The van der Waals surface area contributed by atoms with Crippen LogP contribution in [-0.4, -0.2) is 24.7 Å². The highest BCUT2D eigenvalue weighted by atomic mass is 35.5. The number of anilines is 2. The van der Waals surface area contributed by atoms with Crippen molar-refractivity contribution in [2.24, 2.45) is 0 Å². The third-order valence-corrected chi connectivity index (χ3v) is 5.31. The molecule has 0 saturated carbocycles. The van der Waals surface area contributed by atoms with Crippen LogP contribution in [0.5, 0.6) is 0 Å². The highest BCUT2D eigenvalue weighted by Crippen LogP contribution is 2.24. The van der Waals surface area contributed by atoms with Crippen molar-refractivity contribution >= 4 is 52.0 Å². The van der Waals surface area contributed by atoms with Gasteiger partial charge in [0, 0.05) is 23.0 Å². The summed E-state index contributed by atoms with van der Waals surface area (Å²) in [5.74, 6) is -0.394. The molecule has 2 aromatic heterocycles. The third kappa shape index (κ3) is 5.42. The lowest BCUT2D eigenvalue weighted by molar-refractivity contribution is 0.586. The Labute approximate surface area is 197 Å². The lowest BCUT2D eigenvalue weighted by Gasteiger charge is -2.07. The molecule has 0 saturated heterocycles. The maximum absolute atomic E-state index is 14.0. The largest absolute Gasteiger partial charge is 0.330 e. The average Bonchev–Trinajstić information content (AvgIpc) is 3.32. The molecule has 2 aromatic carbocycles. The van der Waals surface area contributed by atoms with Gasteiger partial charge in [0.1, 0.15) is 16.7 Å². The molecule has 0 aliphatic carbocycles. The van der Waals surface area contributed by atoms with Gasteiger partial charge in [-0.25, -0.2) is 8.78 Å². The maximum Gasteiger partial charge on any atom is 0.176 e. The Morgan fingerprint density at radius 3 is 2.47 bits per heavy atom. The fraction of sp³-hybridized carbons (Fsp3) is 0.0952. The van der Waals surface area contributed by atoms with Gasteiger partial charge in [0.05, 0.1) is 25.0 Å². The molecule has 0 amide bonds. The quantitative estimate of drug-likeness (QED) is 0.344. The lowest BCUT2D eigenvalue weighted by Crippen LogP contribution is -2.19. The Morgan fingerprint density at radius 1 is 0.938 bits per heavy atom. The average molecular weight is 493 g/mol. The first-order valence-electron chi connectivity index (χ1n) is 9.38. The summed E-state index contributed by atoms with van der Waals surface area (Å²) in [4.78, 5) is 0. The van der Waals surface area contributed by atoms with Crippen molar-refractivity contribution in [1.29, 1.82) is 0 Å². The van der Waals surface area contributed by atoms with E-state index in [9.17, 15) is 8.78 Å². The number of nitrogens with one attached hydrogen (secondary N) is 2. The van der Waals surface area contributed by atoms with Crippen LogP contribution in [0.3, 0.4) is 0 Å². The molecule has 2 N–H and O–H groups in total. The van der Waals surface area contributed by atoms with E-state index in [0.717, 1.165) is 5.56 Å². The van der Waals surface area contributed by atoms with Gasteiger partial charge in [-0.1, -0.05) is 41.4 Å². The summed E-state index contributed by atoms with van der Waals surface area (Å²) in [6.07, 6.45) is 4.92. The summed E-state index contributed by atoms with van der Waals surface area (Å²) >= 11 is 17.6. The molecule has 0 atom stereocenters. The van der Waals surface area contributed by atoms with E-state index in [1.165, 1.54) is 28.9 Å². The topological polar surface area (TPSA) is 59.7 Å². The van der Waals surface area contributed by atoms with Crippen LogP contribution in [0, 0.1) is 11.6 Å². The van der Waals surface area contributed by atoms with E-state index in [2.05, 4.69) is 20.8 Å². The molecule has 0 spiro atoms. The molecular formula is C21H16Cl2F2N6S. The van der Waals surface area contributed by atoms with E-state index in [4.69, 9.17) is 35.4 Å². The van der Waals surface area contributed by atoms with E-state index in [1.54, 1.807) is 41.5 Å². The van der Waals surface area contributed by atoms with Crippen molar-refractivity contribution < 1.29 is 8.78 Å². The molecule has 4 rings (SSSR count). The SMILES string of the molecule is Fc1ccc(Cn2cc(NC(=S)Nc3nn(Cc4c(F)cccc4Cl)cc3Cl)cn2)cc1. The highest BCUT2D eigenvalue weighted by molar-refractivity contribution is 7.80. The van der Waals surface area contributed by atoms with Gasteiger partial charge in [-0.15, -0.1) is 0 Å². The van der Waals surface area contributed by atoms with Gasteiger partial charge in [0.25, 0.3) is 0 Å². The molecule has 0 radical (unpaired) electrons. The minimum atomic E-state index is -0.423. The molecule has 0 fully saturated rings. The third-order valence-electron chi connectivity index (χ3n) is 4.48. The van der Waals surface area contributed by atoms with Crippen LogP contribution in [0.2, 0.25) is 10.0 Å². The van der Waals surface area contributed by atoms with Crippen molar-refractivity contribution in [3.05, 3.63) is 93.9 Å². The second-order valence-corrected chi connectivity index (χ2v) is 8.08. The molecule has 0 aliphatic heterocycles. The predicted octanol–water partition coefficient (Wildman–Crippen LogP) is 5.57. The fourth-order valence-corrected chi connectivity index (χ4v) is 3.60. The molecule has 0 aliphatic rings. The van der Waals surface area contributed by atoms with Crippen molar-refractivity contribution in [3.8, 4) is 0 Å². The van der Waals surface area contributed by atoms with Crippen LogP contribution in [0.1, 0.15) is 11.1 Å². The zero-order chi connectivity index (χ0) is 22.7. The van der Waals surface area contributed by atoms with E-state index in [1.807, 2.05) is 0 Å². The number of hydrogen-bond acceptors (Lipinski definition) is 3. The van der Waals surface area contributed by atoms with Crippen LogP contribution in [0.15, 0.2) is 61.1 Å². The van der Waals surface area contributed by atoms with Crippen LogP contribution in [0.4, 0.5) is 20.3 Å². The predicted molar refractivity (Wildman–Crippen MR) is 125 cm³/mol. The Kier molecular flexibility index (Phi) is 6.69. The number of halogens is 4. The van der Waals surface area contributed by atoms with Gasteiger partial charge >= 0.3 is 0 Å². The standard InChI is InChI=1S/C21H16Cl2F2N6S/c22-17-2-1-3-19(25)16(17)11-31-12-18(23)20(29-31)28-21(32)27-15-8-26-30(10-15)9-13-4-6-14(24)7-5-13/h1-8,10,12H,9,11H2,(H2,27,28,29,32). The van der Waals surface area contributed by atoms with Crippen molar-refractivity contribution in [2.75, 3.05) is 10.6 Å². The van der Waals surface area contributed by atoms with E-state index < -0.39 is 5.82 Å². The molecular weight excluding hydrogens is 477 g/mol. The zero-order valence-electron chi connectivity index (χ0n) is 16.4. The molecule has 0 unspecified atom stereocenters. The van der Waals surface area contributed by atoms with Crippen molar-refractivity contribution in [1.82, 2.24) is 19.6 Å². The first-order valence-corrected chi connectivity index (χ1v) is 10.5. The molecule has 32 heavy (non-hydrogen) atoms. The summed E-state index contributed by atoms with van der Waals surface area (Å²) in [6, 6.07) is 10.7. The first kappa shape index (κ1) is 22.2. The lowest BCUT2D eigenvalue weighted by atomic mass is 10.2. The smallest absolute Gasteiger partial charge is 0.176 e. The Morgan fingerprint density at radius 2 is 1.72 bits per heavy atom. The molecule has 11 heteroatoms.